The molecule has 0 fully saturated rings. The van der Waals surface area contributed by atoms with Gasteiger partial charge in [0.25, 0.3) is 0 Å². The number of amides is 1. The molecule has 1 atom stereocenters. The number of nitrogens with one attached hydrogen (secondary N) is 1. The van der Waals surface area contributed by atoms with Crippen molar-refractivity contribution < 1.29 is 18.0 Å². The zero-order chi connectivity index (χ0) is 11.6. The van der Waals surface area contributed by atoms with Crippen LogP contribution >= 0.6 is 0 Å². The van der Waals surface area contributed by atoms with E-state index in [4.69, 9.17) is 5.73 Å². The van der Waals surface area contributed by atoms with Gasteiger partial charge in [-0.05, 0) is 6.92 Å². The van der Waals surface area contributed by atoms with Gasteiger partial charge in [0, 0.05) is 12.1 Å². The van der Waals surface area contributed by atoms with E-state index in [-0.39, 0.29) is 0 Å². The summed E-state index contributed by atoms with van der Waals surface area (Å²) in [5.41, 5.74) is 4.33. The molecule has 1 amide bonds. The van der Waals surface area contributed by atoms with E-state index >= 15 is 0 Å². The molecule has 0 saturated carbocycles. The summed E-state index contributed by atoms with van der Waals surface area (Å²) < 4.78 is 38.6. The van der Waals surface area contributed by atoms with Gasteiger partial charge in [-0.1, -0.05) is 0 Å². The van der Waals surface area contributed by atoms with E-state index in [1.54, 1.807) is 0 Å². The molecule has 0 bridgehead atoms. The molecular formula is C9H9F3N2O. The van der Waals surface area contributed by atoms with Crippen molar-refractivity contribution in [3.8, 4) is 0 Å². The summed E-state index contributed by atoms with van der Waals surface area (Å²) in [5, 5.41) is 2.21. The van der Waals surface area contributed by atoms with Crippen molar-refractivity contribution in [3.05, 3.63) is 29.6 Å². The van der Waals surface area contributed by atoms with Crippen molar-refractivity contribution in [2.45, 2.75) is 13.0 Å². The lowest BCUT2D eigenvalue weighted by Gasteiger charge is -2.13. The number of anilines is 1. The zero-order valence-electron chi connectivity index (χ0n) is 7.85. The van der Waals surface area contributed by atoms with Gasteiger partial charge in [0.2, 0.25) is 5.91 Å². The fourth-order valence-electron chi connectivity index (χ4n) is 0.968. The van der Waals surface area contributed by atoms with Crippen LogP contribution in [0.3, 0.4) is 0 Å². The third-order valence-electron chi connectivity index (χ3n) is 1.79. The lowest BCUT2D eigenvalue weighted by Crippen LogP contribution is -2.33. The van der Waals surface area contributed by atoms with E-state index in [9.17, 15) is 18.0 Å². The van der Waals surface area contributed by atoms with Crippen molar-refractivity contribution in [2.75, 3.05) is 5.32 Å². The van der Waals surface area contributed by atoms with Gasteiger partial charge < -0.3 is 11.1 Å². The second kappa shape index (κ2) is 4.20. The highest BCUT2D eigenvalue weighted by Gasteiger charge is 2.16. The van der Waals surface area contributed by atoms with Crippen LogP contribution in [0.15, 0.2) is 12.1 Å². The number of rotatable bonds is 3. The molecule has 0 heterocycles. The van der Waals surface area contributed by atoms with Crippen LogP contribution in [0, 0.1) is 17.5 Å². The van der Waals surface area contributed by atoms with Gasteiger partial charge in [-0.3, -0.25) is 4.79 Å². The van der Waals surface area contributed by atoms with Crippen LogP contribution in [0.1, 0.15) is 6.92 Å². The maximum atomic E-state index is 13.0. The molecular weight excluding hydrogens is 209 g/mol. The Labute approximate surface area is 84.1 Å². The molecule has 3 nitrogen and oxygen atoms in total. The van der Waals surface area contributed by atoms with Crippen LogP contribution in [0.5, 0.6) is 0 Å². The Hall–Kier alpha value is -1.72. The first-order valence-corrected chi connectivity index (χ1v) is 4.12. The lowest BCUT2D eigenvalue weighted by molar-refractivity contribution is -0.118. The Morgan fingerprint density at radius 2 is 1.80 bits per heavy atom. The third kappa shape index (κ3) is 2.61. The highest BCUT2D eigenvalue weighted by molar-refractivity contribution is 5.82. The SMILES string of the molecule is CC(Nc1c(F)cc(F)cc1F)C(N)=O. The quantitative estimate of drug-likeness (QED) is 0.805. The molecule has 1 unspecified atom stereocenters. The second-order valence-corrected chi connectivity index (χ2v) is 3.01. The summed E-state index contributed by atoms with van der Waals surface area (Å²) in [7, 11) is 0. The fourth-order valence-corrected chi connectivity index (χ4v) is 0.968. The first-order valence-electron chi connectivity index (χ1n) is 4.12. The van der Waals surface area contributed by atoms with Gasteiger partial charge in [-0.2, -0.15) is 0 Å². The summed E-state index contributed by atoms with van der Waals surface area (Å²) in [6, 6.07) is 0.0811. The molecule has 6 heteroatoms. The molecule has 82 valence electrons. The fraction of sp³-hybridized carbons (Fsp3) is 0.222. The Morgan fingerprint density at radius 3 is 2.20 bits per heavy atom. The molecule has 0 aromatic heterocycles. The average Bonchev–Trinajstić information content (AvgIpc) is 2.10. The first kappa shape index (κ1) is 11.4. The Balaban J connectivity index is 3.00. The normalized spacial score (nSPS) is 12.3. The van der Waals surface area contributed by atoms with Crippen molar-refractivity contribution >= 4 is 11.6 Å². The van der Waals surface area contributed by atoms with E-state index in [1.807, 2.05) is 0 Å². The van der Waals surface area contributed by atoms with Gasteiger partial charge in [0.15, 0.2) is 11.6 Å². The Morgan fingerprint density at radius 1 is 1.33 bits per heavy atom. The topological polar surface area (TPSA) is 55.1 Å². The summed E-state index contributed by atoms with van der Waals surface area (Å²) in [6.45, 7) is 1.34. The maximum Gasteiger partial charge on any atom is 0.239 e. The molecule has 0 spiro atoms. The molecule has 1 rings (SSSR count). The summed E-state index contributed by atoms with van der Waals surface area (Å²) >= 11 is 0. The monoisotopic (exact) mass is 218 g/mol. The second-order valence-electron chi connectivity index (χ2n) is 3.01. The molecule has 1 aromatic carbocycles. The number of carbonyl (C=O) groups excluding carboxylic acids is 1. The molecule has 0 aliphatic heterocycles. The smallest absolute Gasteiger partial charge is 0.239 e. The largest absolute Gasteiger partial charge is 0.369 e. The molecule has 3 N–H and O–H groups in total. The number of halogens is 3. The zero-order valence-corrected chi connectivity index (χ0v) is 7.85. The van der Waals surface area contributed by atoms with Gasteiger partial charge in [-0.15, -0.1) is 0 Å². The van der Waals surface area contributed by atoms with E-state index in [1.165, 1.54) is 6.92 Å². The minimum absolute atomic E-state index is 0.513. The summed E-state index contributed by atoms with van der Waals surface area (Å²) in [4.78, 5) is 10.6. The van der Waals surface area contributed by atoms with Crippen molar-refractivity contribution in [1.29, 1.82) is 0 Å². The predicted molar refractivity (Wildman–Crippen MR) is 48.6 cm³/mol. The first-order chi connectivity index (χ1) is 6.91. The molecule has 0 aliphatic rings. The van der Waals surface area contributed by atoms with E-state index in [0.717, 1.165) is 0 Å². The van der Waals surface area contributed by atoms with Crippen LogP contribution in [0.2, 0.25) is 0 Å². The number of hydrogen-bond acceptors (Lipinski definition) is 2. The minimum atomic E-state index is -1.11. The highest BCUT2D eigenvalue weighted by Crippen LogP contribution is 2.20. The third-order valence-corrected chi connectivity index (χ3v) is 1.79. The number of primary amides is 1. The molecule has 0 saturated heterocycles. The van der Waals surface area contributed by atoms with Crippen molar-refractivity contribution in [1.82, 2.24) is 0 Å². The summed E-state index contributed by atoms with van der Waals surface area (Å²) in [5.74, 6) is -4.01. The lowest BCUT2D eigenvalue weighted by atomic mass is 10.2. The van der Waals surface area contributed by atoms with Crippen molar-refractivity contribution in [2.24, 2.45) is 5.73 Å². The standard InChI is InChI=1S/C9H9F3N2O/c1-4(9(13)15)14-8-6(11)2-5(10)3-7(8)12/h2-4,14H,1H3,(H2,13,15). The summed E-state index contributed by atoms with van der Waals surface area (Å²) in [6.07, 6.45) is 0. The van der Waals surface area contributed by atoms with Gasteiger partial charge >= 0.3 is 0 Å². The van der Waals surface area contributed by atoms with Crippen molar-refractivity contribution in [3.63, 3.8) is 0 Å². The van der Waals surface area contributed by atoms with E-state index in [2.05, 4.69) is 5.32 Å². The Bertz CT molecular complexity index is 372. The number of hydrogen-bond donors (Lipinski definition) is 2. The van der Waals surface area contributed by atoms with Gasteiger partial charge in [0.05, 0.1) is 0 Å². The van der Waals surface area contributed by atoms with Gasteiger partial charge in [0.1, 0.15) is 17.5 Å². The van der Waals surface area contributed by atoms with Crippen LogP contribution in [-0.2, 0) is 4.79 Å². The molecule has 15 heavy (non-hydrogen) atoms. The van der Waals surface area contributed by atoms with Crippen LogP contribution in [0.4, 0.5) is 18.9 Å². The van der Waals surface area contributed by atoms with Crippen LogP contribution in [-0.4, -0.2) is 11.9 Å². The van der Waals surface area contributed by atoms with Crippen LogP contribution < -0.4 is 11.1 Å². The Kier molecular flexibility index (Phi) is 3.18. The maximum absolute atomic E-state index is 13.0. The molecule has 0 radical (unpaired) electrons. The minimum Gasteiger partial charge on any atom is -0.369 e. The average molecular weight is 218 g/mol. The van der Waals surface area contributed by atoms with E-state index < -0.39 is 35.1 Å². The van der Waals surface area contributed by atoms with Crippen LogP contribution in [0.25, 0.3) is 0 Å². The highest BCUT2D eigenvalue weighted by atomic mass is 19.1. The molecule has 0 aliphatic carbocycles. The molecule has 1 aromatic rings. The predicted octanol–water partition coefficient (Wildman–Crippen LogP) is 1.39. The van der Waals surface area contributed by atoms with E-state index in [0.29, 0.717) is 12.1 Å². The number of benzene rings is 1. The number of carbonyl (C=O) groups is 1. The van der Waals surface area contributed by atoms with Gasteiger partial charge in [-0.25, -0.2) is 13.2 Å². The number of nitrogens with two attached hydrogens (primary N) is 1.